The topological polar surface area (TPSA) is 55.8 Å². The summed E-state index contributed by atoms with van der Waals surface area (Å²) in [6, 6.07) is 8.18. The van der Waals surface area contributed by atoms with Crippen LogP contribution in [0.3, 0.4) is 0 Å². The average Bonchev–Trinajstić information content (AvgIpc) is 3.05. The smallest absolute Gasteiger partial charge is 0.410 e. The first-order valence-electron chi connectivity index (χ1n) is 9.46. The number of piperidine rings is 1. The Labute approximate surface area is 164 Å². The summed E-state index contributed by atoms with van der Waals surface area (Å²) in [5, 5.41) is 1.13. The van der Waals surface area contributed by atoms with Gasteiger partial charge in [0.25, 0.3) is 0 Å². The molecule has 27 heavy (non-hydrogen) atoms. The molecule has 1 aliphatic heterocycles. The number of fused-ring (bicyclic) bond motifs is 1. The summed E-state index contributed by atoms with van der Waals surface area (Å²) in [7, 11) is 0. The van der Waals surface area contributed by atoms with Crippen molar-refractivity contribution in [2.45, 2.75) is 52.1 Å². The quantitative estimate of drug-likeness (QED) is 0.678. The summed E-state index contributed by atoms with van der Waals surface area (Å²) in [4.78, 5) is 26.8. The molecule has 1 saturated heterocycles. The van der Waals surface area contributed by atoms with E-state index in [1.165, 1.54) is 16.9 Å². The highest BCUT2D eigenvalue weighted by Gasteiger charge is 2.28. The van der Waals surface area contributed by atoms with Gasteiger partial charge in [-0.05, 0) is 69.5 Å². The number of carbonyl (C=O) groups excluding carboxylic acids is 2. The number of hydrogen-bond donors (Lipinski definition) is 0. The van der Waals surface area contributed by atoms with E-state index in [1.807, 2.05) is 45.9 Å². The second kappa shape index (κ2) is 7.89. The first kappa shape index (κ1) is 19.7. The van der Waals surface area contributed by atoms with Crippen molar-refractivity contribution in [1.82, 2.24) is 4.90 Å². The third kappa shape index (κ3) is 4.61. The Morgan fingerprint density at radius 1 is 1.22 bits per heavy atom. The molecule has 0 atom stereocenters. The molecular formula is C21H27NO4S. The van der Waals surface area contributed by atoms with Crippen LogP contribution in [0.25, 0.3) is 10.1 Å². The van der Waals surface area contributed by atoms with E-state index < -0.39 is 5.60 Å². The maximum Gasteiger partial charge on any atom is 0.410 e. The van der Waals surface area contributed by atoms with E-state index in [0.29, 0.717) is 30.5 Å². The van der Waals surface area contributed by atoms with Crippen molar-refractivity contribution in [2.24, 2.45) is 0 Å². The second-order valence-electron chi connectivity index (χ2n) is 7.83. The monoisotopic (exact) mass is 389 g/mol. The Morgan fingerprint density at radius 3 is 2.56 bits per heavy atom. The highest BCUT2D eigenvalue weighted by Crippen LogP contribution is 2.37. The van der Waals surface area contributed by atoms with Gasteiger partial charge in [-0.15, -0.1) is 11.3 Å². The molecule has 1 fully saturated rings. The molecule has 5 nitrogen and oxygen atoms in total. The Kier molecular flexibility index (Phi) is 5.75. The fourth-order valence-corrected chi connectivity index (χ4v) is 4.43. The minimum Gasteiger partial charge on any atom is -0.462 e. The zero-order valence-corrected chi connectivity index (χ0v) is 17.2. The van der Waals surface area contributed by atoms with Gasteiger partial charge in [0.05, 0.1) is 6.61 Å². The molecule has 0 N–H and O–H groups in total. The number of amides is 1. The first-order chi connectivity index (χ1) is 12.8. The lowest BCUT2D eigenvalue weighted by Crippen LogP contribution is -2.41. The van der Waals surface area contributed by atoms with Crippen LogP contribution in [0.5, 0.6) is 0 Å². The second-order valence-corrected chi connectivity index (χ2v) is 8.92. The minimum atomic E-state index is -0.473. The molecule has 1 aliphatic rings. The zero-order chi connectivity index (χ0) is 19.6. The molecule has 0 bridgehead atoms. The van der Waals surface area contributed by atoms with Crippen LogP contribution in [0.15, 0.2) is 24.3 Å². The molecule has 0 aliphatic carbocycles. The van der Waals surface area contributed by atoms with Crippen molar-refractivity contribution in [1.29, 1.82) is 0 Å². The van der Waals surface area contributed by atoms with E-state index in [0.717, 1.165) is 22.9 Å². The van der Waals surface area contributed by atoms with Crippen molar-refractivity contribution in [3.8, 4) is 0 Å². The number of nitrogens with zero attached hydrogens (tertiary/aromatic N) is 1. The molecule has 0 saturated carbocycles. The summed E-state index contributed by atoms with van der Waals surface area (Å²) in [6.07, 6.45) is 1.55. The number of esters is 1. The number of carbonyl (C=O) groups is 2. The van der Waals surface area contributed by atoms with E-state index >= 15 is 0 Å². The van der Waals surface area contributed by atoms with Gasteiger partial charge in [-0.2, -0.15) is 0 Å². The molecule has 3 rings (SSSR count). The fourth-order valence-electron chi connectivity index (χ4n) is 3.44. The van der Waals surface area contributed by atoms with Gasteiger partial charge in [-0.25, -0.2) is 9.59 Å². The predicted molar refractivity (Wildman–Crippen MR) is 108 cm³/mol. The van der Waals surface area contributed by atoms with E-state index in [4.69, 9.17) is 9.47 Å². The highest BCUT2D eigenvalue weighted by molar-refractivity contribution is 7.20. The molecule has 1 aromatic heterocycles. The van der Waals surface area contributed by atoms with Gasteiger partial charge in [0.1, 0.15) is 10.5 Å². The van der Waals surface area contributed by atoms with E-state index in [1.54, 1.807) is 4.90 Å². The molecule has 0 unspecified atom stereocenters. The molecule has 1 amide bonds. The number of benzene rings is 1. The average molecular weight is 390 g/mol. The van der Waals surface area contributed by atoms with Crippen molar-refractivity contribution in [2.75, 3.05) is 19.7 Å². The van der Waals surface area contributed by atoms with E-state index in [9.17, 15) is 9.59 Å². The van der Waals surface area contributed by atoms with Gasteiger partial charge in [0, 0.05) is 17.8 Å². The lowest BCUT2D eigenvalue weighted by atomic mass is 9.87. The lowest BCUT2D eigenvalue weighted by Gasteiger charge is -2.33. The van der Waals surface area contributed by atoms with E-state index in [-0.39, 0.29) is 12.1 Å². The summed E-state index contributed by atoms with van der Waals surface area (Å²) in [6.45, 7) is 9.22. The predicted octanol–water partition coefficient (Wildman–Crippen LogP) is 5.19. The van der Waals surface area contributed by atoms with Gasteiger partial charge in [-0.3, -0.25) is 0 Å². The van der Waals surface area contributed by atoms with Crippen LogP contribution in [0, 0.1) is 0 Å². The number of hydrogen-bond acceptors (Lipinski definition) is 5. The van der Waals surface area contributed by atoms with Gasteiger partial charge in [-0.1, -0.05) is 12.1 Å². The van der Waals surface area contributed by atoms with Crippen LogP contribution in [-0.4, -0.2) is 42.3 Å². The molecule has 2 aromatic rings. The first-order valence-corrected chi connectivity index (χ1v) is 10.3. The summed E-state index contributed by atoms with van der Waals surface area (Å²) in [5.41, 5.74) is 0.780. The fraction of sp³-hybridized carbons (Fsp3) is 0.524. The van der Waals surface area contributed by atoms with Gasteiger partial charge in [0.2, 0.25) is 0 Å². The molecule has 0 radical (unpaired) electrons. The van der Waals surface area contributed by atoms with Gasteiger partial charge < -0.3 is 14.4 Å². The van der Waals surface area contributed by atoms with Crippen LogP contribution in [0.4, 0.5) is 4.79 Å². The SMILES string of the molecule is CCOC(=O)c1cc2c(C3CCN(C(=O)OC(C)(C)C)CC3)cccc2s1. The molecule has 0 spiro atoms. The van der Waals surface area contributed by atoms with Gasteiger partial charge in [0.15, 0.2) is 0 Å². The number of rotatable bonds is 3. The zero-order valence-electron chi connectivity index (χ0n) is 16.4. The Balaban J connectivity index is 1.73. The van der Waals surface area contributed by atoms with Crippen LogP contribution in [0.1, 0.15) is 61.7 Å². The van der Waals surface area contributed by atoms with Crippen molar-refractivity contribution < 1.29 is 19.1 Å². The largest absolute Gasteiger partial charge is 0.462 e. The Morgan fingerprint density at radius 2 is 1.93 bits per heavy atom. The third-order valence-corrected chi connectivity index (χ3v) is 5.74. The maximum absolute atomic E-state index is 12.3. The minimum absolute atomic E-state index is 0.237. The summed E-state index contributed by atoms with van der Waals surface area (Å²) >= 11 is 1.48. The molecule has 2 heterocycles. The normalized spacial score (nSPS) is 15.8. The highest BCUT2D eigenvalue weighted by atomic mass is 32.1. The summed E-state index contributed by atoms with van der Waals surface area (Å²) < 4.78 is 11.7. The lowest BCUT2D eigenvalue weighted by molar-refractivity contribution is 0.0205. The Bertz CT molecular complexity index is 828. The number of likely N-dealkylation sites (tertiary alicyclic amines) is 1. The maximum atomic E-state index is 12.3. The molecule has 6 heteroatoms. The van der Waals surface area contributed by atoms with Crippen LogP contribution in [0.2, 0.25) is 0 Å². The van der Waals surface area contributed by atoms with Crippen LogP contribution >= 0.6 is 11.3 Å². The number of ether oxygens (including phenoxy) is 2. The van der Waals surface area contributed by atoms with Gasteiger partial charge >= 0.3 is 12.1 Å². The third-order valence-electron chi connectivity index (χ3n) is 4.66. The van der Waals surface area contributed by atoms with Crippen molar-refractivity contribution in [3.63, 3.8) is 0 Å². The molecule has 1 aromatic carbocycles. The van der Waals surface area contributed by atoms with Crippen molar-refractivity contribution in [3.05, 3.63) is 34.7 Å². The molecular weight excluding hydrogens is 362 g/mol. The number of thiophene rings is 1. The van der Waals surface area contributed by atoms with Crippen LogP contribution < -0.4 is 0 Å². The Hall–Kier alpha value is -2.08. The van der Waals surface area contributed by atoms with Crippen LogP contribution in [-0.2, 0) is 9.47 Å². The van der Waals surface area contributed by atoms with Crippen molar-refractivity contribution >= 4 is 33.5 Å². The molecule has 146 valence electrons. The standard InChI is InChI=1S/C21H27NO4S/c1-5-25-19(23)18-13-16-15(7-6-8-17(16)27-18)14-9-11-22(12-10-14)20(24)26-21(2,3)4/h6-8,13-14H,5,9-12H2,1-4H3. The summed E-state index contributed by atoms with van der Waals surface area (Å²) in [5.74, 6) is 0.112. The van der Waals surface area contributed by atoms with E-state index in [2.05, 4.69) is 6.07 Å².